The van der Waals surface area contributed by atoms with E-state index in [9.17, 15) is 9.59 Å². The van der Waals surface area contributed by atoms with Gasteiger partial charge in [0, 0.05) is 13.0 Å². The summed E-state index contributed by atoms with van der Waals surface area (Å²) in [5.74, 6) is 1.99. The average Bonchev–Trinajstić information content (AvgIpc) is 2.37. The molecule has 0 radical (unpaired) electrons. The molecule has 0 aromatic carbocycles. The lowest BCUT2D eigenvalue weighted by molar-refractivity contribution is -0.107. The van der Waals surface area contributed by atoms with Crippen molar-refractivity contribution in [3.8, 4) is 0 Å². The van der Waals surface area contributed by atoms with E-state index in [1.165, 1.54) is 0 Å². The highest BCUT2D eigenvalue weighted by atomic mass is 28.4. The van der Waals surface area contributed by atoms with Gasteiger partial charge in [-0.05, 0) is 39.4 Å². The largest absolute Gasteiger partial charge is 0.410 e. The highest BCUT2D eigenvalue weighted by Crippen LogP contribution is 2.19. The highest BCUT2D eigenvalue weighted by molar-refractivity contribution is 6.69. The van der Waals surface area contributed by atoms with Gasteiger partial charge in [-0.1, -0.05) is 12.8 Å². The van der Waals surface area contributed by atoms with Gasteiger partial charge >= 0.3 is 0 Å². The van der Waals surface area contributed by atoms with Crippen LogP contribution in [0.25, 0.3) is 0 Å². The second kappa shape index (κ2) is 11.0. The maximum Gasteiger partial charge on any atom is 0.184 e. The quantitative estimate of drug-likeness (QED) is 0.240. The Labute approximate surface area is 123 Å². The average molecular weight is 300 g/mol. The summed E-state index contributed by atoms with van der Waals surface area (Å²) < 4.78 is 11.4. The van der Waals surface area contributed by atoms with Gasteiger partial charge in [-0.2, -0.15) is 0 Å². The van der Waals surface area contributed by atoms with Crippen molar-refractivity contribution in [3.63, 3.8) is 0 Å². The van der Waals surface area contributed by atoms with Crippen LogP contribution in [0.4, 0.5) is 0 Å². The Bertz CT molecular complexity index is 316. The van der Waals surface area contributed by atoms with Crippen LogP contribution in [0.1, 0.15) is 39.0 Å². The van der Waals surface area contributed by atoms with Gasteiger partial charge in [0.25, 0.3) is 0 Å². The maximum atomic E-state index is 11.1. The summed E-state index contributed by atoms with van der Waals surface area (Å²) in [6.07, 6.45) is 4.97. The summed E-state index contributed by atoms with van der Waals surface area (Å²) in [5.41, 5.74) is 0.574. The maximum absolute atomic E-state index is 11.1. The van der Waals surface area contributed by atoms with Crippen LogP contribution < -0.4 is 0 Å². The van der Waals surface area contributed by atoms with Crippen LogP contribution in [0, 0.1) is 0 Å². The Kier molecular flexibility index (Phi) is 10.6. The molecule has 0 rings (SSSR count). The first-order chi connectivity index (χ1) is 9.44. The molecule has 0 aliphatic heterocycles. The molecule has 1 unspecified atom stereocenters. The van der Waals surface area contributed by atoms with Gasteiger partial charge < -0.3 is 14.0 Å². The molecular weight excluding hydrogens is 272 g/mol. The Morgan fingerprint density at radius 3 is 2.45 bits per heavy atom. The van der Waals surface area contributed by atoms with E-state index in [4.69, 9.17) is 9.16 Å². The molecule has 0 aromatic rings. The fourth-order valence-electron chi connectivity index (χ4n) is 1.87. The predicted octanol–water partition coefficient (Wildman–Crippen LogP) is 3.15. The Balaban J connectivity index is 4.46. The van der Waals surface area contributed by atoms with E-state index in [0.29, 0.717) is 25.2 Å². The number of aldehydes is 1. The molecule has 0 spiro atoms. The van der Waals surface area contributed by atoms with Crippen LogP contribution in [0.2, 0.25) is 19.6 Å². The van der Waals surface area contributed by atoms with Gasteiger partial charge in [0.15, 0.2) is 8.32 Å². The van der Waals surface area contributed by atoms with Crippen LogP contribution in [0.5, 0.6) is 0 Å². The van der Waals surface area contributed by atoms with Gasteiger partial charge in [0.05, 0.1) is 18.3 Å². The molecule has 0 aliphatic carbocycles. The molecule has 0 bridgehead atoms. The minimum Gasteiger partial charge on any atom is -0.410 e. The molecule has 0 aliphatic rings. The summed E-state index contributed by atoms with van der Waals surface area (Å²) in [4.78, 5) is 21.4. The van der Waals surface area contributed by atoms with E-state index < -0.39 is 8.32 Å². The Hall–Kier alpha value is -0.743. The van der Waals surface area contributed by atoms with Crippen molar-refractivity contribution in [3.05, 3.63) is 5.57 Å². The van der Waals surface area contributed by atoms with Crippen LogP contribution >= 0.6 is 0 Å². The minimum atomic E-state index is -1.73. The Morgan fingerprint density at radius 1 is 1.25 bits per heavy atom. The lowest BCUT2D eigenvalue weighted by Crippen LogP contribution is -2.34. The van der Waals surface area contributed by atoms with E-state index in [1.807, 2.05) is 12.9 Å². The van der Waals surface area contributed by atoms with Crippen molar-refractivity contribution in [2.24, 2.45) is 0 Å². The number of carbonyl (C=O) groups excluding carboxylic acids is 2. The molecule has 5 heteroatoms. The first-order valence-corrected chi connectivity index (χ1v) is 10.8. The molecule has 20 heavy (non-hydrogen) atoms. The van der Waals surface area contributed by atoms with Crippen molar-refractivity contribution in [1.29, 1.82) is 0 Å². The van der Waals surface area contributed by atoms with Crippen LogP contribution in [-0.2, 0) is 18.8 Å². The third-order valence-electron chi connectivity index (χ3n) is 2.77. The molecule has 1 atom stereocenters. The summed E-state index contributed by atoms with van der Waals surface area (Å²) in [6.45, 7) is 9.09. The normalized spacial score (nSPS) is 12.8. The van der Waals surface area contributed by atoms with E-state index in [0.717, 1.165) is 32.0 Å². The van der Waals surface area contributed by atoms with Crippen molar-refractivity contribution in [2.75, 3.05) is 13.2 Å². The third-order valence-corrected chi connectivity index (χ3v) is 3.76. The SMILES string of the molecule is CCOCC(=C=O)C(CCCCCC=O)O[Si](C)(C)C. The molecule has 0 saturated carbocycles. The van der Waals surface area contributed by atoms with E-state index in [2.05, 4.69) is 19.6 Å². The Morgan fingerprint density at radius 2 is 1.95 bits per heavy atom. The van der Waals surface area contributed by atoms with Gasteiger partial charge in [0.1, 0.15) is 12.2 Å². The van der Waals surface area contributed by atoms with Crippen LogP contribution in [0.15, 0.2) is 5.57 Å². The zero-order chi connectivity index (χ0) is 15.4. The molecular formula is C15H28O4Si. The molecule has 0 aromatic heterocycles. The van der Waals surface area contributed by atoms with Gasteiger partial charge in [-0.3, -0.25) is 0 Å². The fraction of sp³-hybridized carbons (Fsp3) is 0.800. The van der Waals surface area contributed by atoms with Gasteiger partial charge in [-0.15, -0.1) is 0 Å². The smallest absolute Gasteiger partial charge is 0.184 e. The predicted molar refractivity (Wildman–Crippen MR) is 83.1 cm³/mol. The zero-order valence-corrected chi connectivity index (χ0v) is 14.2. The second-order valence-electron chi connectivity index (χ2n) is 5.79. The van der Waals surface area contributed by atoms with E-state index in [-0.39, 0.29) is 6.10 Å². The monoisotopic (exact) mass is 300 g/mol. The summed E-state index contributed by atoms with van der Waals surface area (Å²) in [6, 6.07) is 0. The summed E-state index contributed by atoms with van der Waals surface area (Å²) in [7, 11) is -1.73. The molecule has 0 saturated heterocycles. The molecule has 0 heterocycles. The standard InChI is InChI=1S/C15H28O4Si/c1-5-18-13-14(12-17)15(19-20(2,3)4)10-8-6-7-9-11-16/h11,15H,5-10,13H2,1-4H3. The van der Waals surface area contributed by atoms with Crippen LogP contribution in [-0.4, -0.2) is 39.9 Å². The third kappa shape index (κ3) is 10.1. The molecule has 4 nitrogen and oxygen atoms in total. The number of ether oxygens (including phenoxy) is 1. The van der Waals surface area contributed by atoms with Crippen molar-refractivity contribution in [2.45, 2.75) is 64.8 Å². The van der Waals surface area contributed by atoms with Crippen molar-refractivity contribution < 1.29 is 18.8 Å². The van der Waals surface area contributed by atoms with Crippen molar-refractivity contribution in [1.82, 2.24) is 0 Å². The van der Waals surface area contributed by atoms with E-state index >= 15 is 0 Å². The molecule has 116 valence electrons. The molecule has 0 fully saturated rings. The lowest BCUT2D eigenvalue weighted by atomic mass is 10.0. The molecule has 0 amide bonds. The number of hydrogen-bond donors (Lipinski definition) is 0. The fourth-order valence-corrected chi connectivity index (χ4v) is 2.98. The van der Waals surface area contributed by atoms with Gasteiger partial charge in [-0.25, -0.2) is 4.79 Å². The molecule has 0 N–H and O–H groups in total. The summed E-state index contributed by atoms with van der Waals surface area (Å²) in [5, 5.41) is 0. The number of rotatable bonds is 12. The van der Waals surface area contributed by atoms with Crippen LogP contribution in [0.3, 0.4) is 0 Å². The van der Waals surface area contributed by atoms with Gasteiger partial charge in [0.2, 0.25) is 0 Å². The minimum absolute atomic E-state index is 0.193. The highest BCUT2D eigenvalue weighted by Gasteiger charge is 2.24. The summed E-state index contributed by atoms with van der Waals surface area (Å²) >= 11 is 0. The number of carbonyl (C=O) groups is 1. The first kappa shape index (κ1) is 19.3. The first-order valence-electron chi connectivity index (χ1n) is 7.37. The topological polar surface area (TPSA) is 52.6 Å². The second-order valence-corrected chi connectivity index (χ2v) is 10.2. The zero-order valence-electron chi connectivity index (χ0n) is 13.2. The lowest BCUT2D eigenvalue weighted by Gasteiger charge is -2.27. The van der Waals surface area contributed by atoms with E-state index in [1.54, 1.807) is 0 Å². The number of unbranched alkanes of at least 4 members (excludes halogenated alkanes) is 3. The number of hydrogen-bond acceptors (Lipinski definition) is 4. The van der Waals surface area contributed by atoms with Crippen molar-refractivity contribution >= 4 is 20.5 Å².